The van der Waals surface area contributed by atoms with Gasteiger partial charge in [-0.1, -0.05) is 42.0 Å². The minimum Gasteiger partial charge on any atom is -0.379 e. The number of ether oxygens (including phenoxy) is 1. The first-order valence-corrected chi connectivity index (χ1v) is 8.89. The number of amides is 1. The number of ketones is 1. The van der Waals surface area contributed by atoms with Crippen LogP contribution in [0.3, 0.4) is 0 Å². The van der Waals surface area contributed by atoms with Gasteiger partial charge in [-0.05, 0) is 26.0 Å². The van der Waals surface area contributed by atoms with Crippen molar-refractivity contribution in [2.45, 2.75) is 19.9 Å². The largest absolute Gasteiger partial charge is 0.379 e. The first-order chi connectivity index (χ1) is 12.6. The molecule has 136 valence electrons. The molecular weight excluding hydrogens is 328 g/mol. The molecular formula is C21H24N2O3. The molecule has 1 atom stereocenters. The average molecular weight is 352 g/mol. The molecule has 1 aliphatic rings. The maximum absolute atomic E-state index is 12.9. The Morgan fingerprint density at radius 3 is 2.38 bits per heavy atom. The number of hydrogen-bond donors (Lipinski definition) is 1. The maximum atomic E-state index is 12.9. The number of hydrogen-bond acceptors (Lipinski definition) is 4. The molecule has 0 saturated carbocycles. The highest BCUT2D eigenvalue weighted by molar-refractivity contribution is 6.14. The van der Waals surface area contributed by atoms with E-state index in [4.69, 9.17) is 4.74 Å². The molecule has 1 fully saturated rings. The Morgan fingerprint density at radius 1 is 1.04 bits per heavy atom. The van der Waals surface area contributed by atoms with Crippen LogP contribution >= 0.6 is 0 Å². The Morgan fingerprint density at radius 2 is 1.69 bits per heavy atom. The molecule has 1 saturated heterocycles. The van der Waals surface area contributed by atoms with Crippen LogP contribution in [0.25, 0.3) is 0 Å². The number of para-hydroxylation sites is 1. The zero-order valence-electron chi connectivity index (χ0n) is 15.2. The number of aryl methyl sites for hydroxylation is 1. The van der Waals surface area contributed by atoms with Crippen LogP contribution in [0.2, 0.25) is 0 Å². The standard InChI is InChI=1S/C21H24N2O3/c1-15-7-9-17(10-8-15)20(24)18-5-3-4-6-19(18)22-21(25)16(2)23-11-13-26-14-12-23/h3-10,16H,11-14H2,1-2H3,(H,22,25)/t16-/m0/s1. The zero-order valence-corrected chi connectivity index (χ0v) is 15.2. The van der Waals surface area contributed by atoms with Gasteiger partial charge >= 0.3 is 0 Å². The van der Waals surface area contributed by atoms with E-state index in [1.54, 1.807) is 12.1 Å². The summed E-state index contributed by atoms with van der Waals surface area (Å²) < 4.78 is 5.34. The number of benzene rings is 2. The van der Waals surface area contributed by atoms with Crippen molar-refractivity contribution in [1.82, 2.24) is 4.90 Å². The van der Waals surface area contributed by atoms with Crippen LogP contribution in [0.1, 0.15) is 28.4 Å². The molecule has 3 rings (SSSR count). The lowest BCUT2D eigenvalue weighted by atomic mass is 10.0. The number of nitrogens with one attached hydrogen (secondary N) is 1. The summed E-state index contributed by atoms with van der Waals surface area (Å²) in [6.45, 7) is 6.61. The van der Waals surface area contributed by atoms with Crippen molar-refractivity contribution in [3.05, 3.63) is 65.2 Å². The highest BCUT2D eigenvalue weighted by Gasteiger charge is 2.24. The molecule has 26 heavy (non-hydrogen) atoms. The number of rotatable bonds is 5. The quantitative estimate of drug-likeness (QED) is 0.841. The summed E-state index contributed by atoms with van der Waals surface area (Å²) in [5, 5.41) is 2.93. The lowest BCUT2D eigenvalue weighted by Crippen LogP contribution is -2.47. The number of morpholine rings is 1. The van der Waals surface area contributed by atoms with E-state index in [-0.39, 0.29) is 17.7 Å². The summed E-state index contributed by atoms with van der Waals surface area (Å²) in [7, 11) is 0. The van der Waals surface area contributed by atoms with Crippen LogP contribution in [-0.2, 0) is 9.53 Å². The molecule has 2 aromatic rings. The lowest BCUT2D eigenvalue weighted by Gasteiger charge is -2.31. The fourth-order valence-electron chi connectivity index (χ4n) is 3.02. The predicted molar refractivity (Wildman–Crippen MR) is 102 cm³/mol. The van der Waals surface area contributed by atoms with E-state index in [0.717, 1.165) is 18.7 Å². The molecule has 5 heteroatoms. The van der Waals surface area contributed by atoms with Crippen LogP contribution in [0, 0.1) is 6.92 Å². The van der Waals surface area contributed by atoms with Crippen molar-refractivity contribution in [3.8, 4) is 0 Å². The molecule has 1 amide bonds. The molecule has 0 unspecified atom stereocenters. The van der Waals surface area contributed by atoms with Gasteiger partial charge in [0.25, 0.3) is 0 Å². The van der Waals surface area contributed by atoms with Gasteiger partial charge in [-0.2, -0.15) is 0 Å². The van der Waals surface area contributed by atoms with E-state index in [1.807, 2.05) is 50.2 Å². The number of carbonyl (C=O) groups excluding carboxylic acids is 2. The smallest absolute Gasteiger partial charge is 0.241 e. The Hall–Kier alpha value is -2.50. The maximum Gasteiger partial charge on any atom is 0.241 e. The third-order valence-electron chi connectivity index (χ3n) is 4.72. The normalized spacial score (nSPS) is 16.1. The lowest BCUT2D eigenvalue weighted by molar-refractivity contribution is -0.122. The fourth-order valence-corrected chi connectivity index (χ4v) is 3.02. The van der Waals surface area contributed by atoms with Gasteiger partial charge in [0.1, 0.15) is 0 Å². The van der Waals surface area contributed by atoms with Crippen molar-refractivity contribution in [3.63, 3.8) is 0 Å². The molecule has 1 aliphatic heterocycles. The third-order valence-corrected chi connectivity index (χ3v) is 4.72. The van der Waals surface area contributed by atoms with Crippen LogP contribution in [0.4, 0.5) is 5.69 Å². The number of nitrogens with zero attached hydrogens (tertiary/aromatic N) is 1. The van der Waals surface area contributed by atoms with E-state index in [2.05, 4.69) is 10.2 Å². The van der Waals surface area contributed by atoms with Crippen LogP contribution in [0.15, 0.2) is 48.5 Å². The Balaban J connectivity index is 1.77. The van der Waals surface area contributed by atoms with Gasteiger partial charge in [0, 0.05) is 24.2 Å². The third kappa shape index (κ3) is 4.18. The zero-order chi connectivity index (χ0) is 18.5. The molecule has 5 nitrogen and oxygen atoms in total. The van der Waals surface area contributed by atoms with E-state index in [1.165, 1.54) is 0 Å². The van der Waals surface area contributed by atoms with Gasteiger partial charge in [0.15, 0.2) is 5.78 Å². The van der Waals surface area contributed by atoms with Crippen molar-refractivity contribution in [1.29, 1.82) is 0 Å². The van der Waals surface area contributed by atoms with Crippen molar-refractivity contribution < 1.29 is 14.3 Å². The minimum absolute atomic E-state index is 0.0973. The number of anilines is 1. The Labute approximate surface area is 154 Å². The van der Waals surface area contributed by atoms with Gasteiger partial charge in [0.2, 0.25) is 5.91 Å². The van der Waals surface area contributed by atoms with Gasteiger partial charge in [0.05, 0.1) is 24.9 Å². The Bertz CT molecular complexity index is 780. The topological polar surface area (TPSA) is 58.6 Å². The minimum atomic E-state index is -0.276. The van der Waals surface area contributed by atoms with Gasteiger partial charge < -0.3 is 10.1 Å². The average Bonchev–Trinajstić information content (AvgIpc) is 2.68. The second-order valence-electron chi connectivity index (χ2n) is 6.55. The molecule has 0 radical (unpaired) electrons. The molecule has 0 bridgehead atoms. The van der Waals surface area contributed by atoms with E-state index in [0.29, 0.717) is 30.0 Å². The van der Waals surface area contributed by atoms with E-state index < -0.39 is 0 Å². The molecule has 1 N–H and O–H groups in total. The molecule has 2 aromatic carbocycles. The summed E-state index contributed by atoms with van der Waals surface area (Å²) in [4.78, 5) is 27.6. The van der Waals surface area contributed by atoms with Gasteiger partial charge in [-0.25, -0.2) is 0 Å². The van der Waals surface area contributed by atoms with E-state index in [9.17, 15) is 9.59 Å². The monoisotopic (exact) mass is 352 g/mol. The van der Waals surface area contributed by atoms with Crippen molar-refractivity contribution in [2.75, 3.05) is 31.6 Å². The van der Waals surface area contributed by atoms with Gasteiger partial charge in [-0.15, -0.1) is 0 Å². The second-order valence-corrected chi connectivity index (χ2v) is 6.55. The van der Waals surface area contributed by atoms with Crippen molar-refractivity contribution in [2.24, 2.45) is 0 Å². The SMILES string of the molecule is Cc1ccc(C(=O)c2ccccc2NC(=O)[C@H](C)N2CCOCC2)cc1. The Kier molecular flexibility index (Phi) is 5.81. The van der Waals surface area contributed by atoms with Gasteiger partial charge in [-0.3, -0.25) is 14.5 Å². The van der Waals surface area contributed by atoms with Crippen LogP contribution in [-0.4, -0.2) is 48.9 Å². The first-order valence-electron chi connectivity index (χ1n) is 8.89. The highest BCUT2D eigenvalue weighted by atomic mass is 16.5. The van der Waals surface area contributed by atoms with Crippen LogP contribution < -0.4 is 5.32 Å². The summed E-state index contributed by atoms with van der Waals surface area (Å²) in [5.74, 6) is -0.212. The summed E-state index contributed by atoms with van der Waals surface area (Å²) in [6.07, 6.45) is 0. The first kappa shape index (κ1) is 18.3. The summed E-state index contributed by atoms with van der Waals surface area (Å²) >= 11 is 0. The molecule has 0 spiro atoms. The summed E-state index contributed by atoms with van der Waals surface area (Å²) in [6, 6.07) is 14.3. The second kappa shape index (κ2) is 8.25. The highest BCUT2D eigenvalue weighted by Crippen LogP contribution is 2.20. The van der Waals surface area contributed by atoms with Crippen LogP contribution in [0.5, 0.6) is 0 Å². The predicted octanol–water partition coefficient (Wildman–Crippen LogP) is 2.89. The van der Waals surface area contributed by atoms with E-state index >= 15 is 0 Å². The molecule has 1 heterocycles. The molecule has 0 aromatic heterocycles. The van der Waals surface area contributed by atoms with Crippen molar-refractivity contribution >= 4 is 17.4 Å². The summed E-state index contributed by atoms with van der Waals surface area (Å²) in [5.41, 5.74) is 2.75. The molecule has 0 aliphatic carbocycles. The number of carbonyl (C=O) groups is 2. The fraction of sp³-hybridized carbons (Fsp3) is 0.333.